The number of hydrogen-bond donors (Lipinski definition) is 0. The molecule has 1 rings (SSSR count). The molecule has 0 aliphatic carbocycles. The Kier molecular flexibility index (Phi) is 8.46. The van der Waals surface area contributed by atoms with E-state index in [2.05, 4.69) is 32.7 Å². The molecule has 1 heterocycles. The van der Waals surface area contributed by atoms with Crippen molar-refractivity contribution in [2.24, 2.45) is 5.92 Å². The van der Waals surface area contributed by atoms with Gasteiger partial charge < -0.3 is 9.64 Å². The Bertz CT molecular complexity index is 98.3. The third-order valence-electron chi connectivity index (χ3n) is 2.10. The summed E-state index contributed by atoms with van der Waals surface area (Å²) in [4.78, 5) is 2.27. The minimum absolute atomic E-state index is 0.898. The number of nitrogens with zero attached hydrogens (tertiary/aromatic N) is 1. The Hall–Kier alpha value is -0.0800. The average molecular weight is 187 g/mol. The van der Waals surface area contributed by atoms with E-state index in [4.69, 9.17) is 4.74 Å². The fourth-order valence-electron chi connectivity index (χ4n) is 1.23. The molecule has 13 heavy (non-hydrogen) atoms. The largest absolute Gasteiger partial charge is 0.379 e. The summed E-state index contributed by atoms with van der Waals surface area (Å²) in [5, 5.41) is 0. The van der Waals surface area contributed by atoms with Crippen molar-refractivity contribution in [3.63, 3.8) is 0 Å². The van der Waals surface area contributed by atoms with Gasteiger partial charge in [-0.3, -0.25) is 0 Å². The van der Waals surface area contributed by atoms with Crippen LogP contribution in [0, 0.1) is 5.92 Å². The van der Waals surface area contributed by atoms with Crippen LogP contribution in [0.3, 0.4) is 0 Å². The van der Waals surface area contributed by atoms with Gasteiger partial charge in [-0.1, -0.05) is 33.6 Å². The summed E-state index contributed by atoms with van der Waals surface area (Å²) in [6, 6.07) is 0. The van der Waals surface area contributed by atoms with Crippen LogP contribution in [0.4, 0.5) is 0 Å². The number of rotatable bonds is 2. The molecule has 2 heteroatoms. The highest BCUT2D eigenvalue weighted by molar-refractivity contribution is 4.53. The van der Waals surface area contributed by atoms with Crippen LogP contribution in [-0.2, 0) is 4.74 Å². The molecular formula is C11H25NO. The van der Waals surface area contributed by atoms with Gasteiger partial charge in [0.05, 0.1) is 13.2 Å². The molecular weight excluding hydrogens is 162 g/mol. The van der Waals surface area contributed by atoms with Crippen molar-refractivity contribution in [2.75, 3.05) is 33.4 Å². The lowest BCUT2D eigenvalue weighted by molar-refractivity contribution is 0.0503. The highest BCUT2D eigenvalue weighted by Crippen LogP contribution is 2.00. The van der Waals surface area contributed by atoms with Gasteiger partial charge in [-0.25, -0.2) is 0 Å². The first-order valence-electron chi connectivity index (χ1n) is 5.43. The molecule has 0 aromatic rings. The van der Waals surface area contributed by atoms with Crippen LogP contribution < -0.4 is 0 Å². The van der Waals surface area contributed by atoms with Crippen LogP contribution in [0.1, 0.15) is 33.6 Å². The summed E-state index contributed by atoms with van der Waals surface area (Å²) < 4.78 is 5.10. The van der Waals surface area contributed by atoms with E-state index in [-0.39, 0.29) is 0 Å². The Labute approximate surface area is 83.3 Å². The van der Waals surface area contributed by atoms with Crippen molar-refractivity contribution in [2.45, 2.75) is 33.6 Å². The molecule has 0 saturated carbocycles. The van der Waals surface area contributed by atoms with Crippen molar-refractivity contribution in [1.82, 2.24) is 4.90 Å². The summed E-state index contributed by atoms with van der Waals surface area (Å²) in [6.07, 6.45) is 2.71. The number of morpholine rings is 1. The minimum atomic E-state index is 0.898. The lowest BCUT2D eigenvalue weighted by Crippen LogP contribution is -2.32. The number of hydrogen-bond acceptors (Lipinski definition) is 2. The first-order valence-corrected chi connectivity index (χ1v) is 5.43. The van der Waals surface area contributed by atoms with E-state index in [1.807, 2.05) is 0 Å². The molecule has 0 atom stereocenters. The van der Waals surface area contributed by atoms with Crippen LogP contribution in [0.5, 0.6) is 0 Å². The standard InChI is InChI=1S/C6H14.C5H11NO/c1-4-5-6(2)3;1-6-2-4-7-5-3-6/h6H,4-5H2,1-3H3;2-5H2,1H3. The molecule has 80 valence electrons. The fraction of sp³-hybridized carbons (Fsp3) is 1.00. The molecule has 2 nitrogen and oxygen atoms in total. The van der Waals surface area contributed by atoms with Crippen molar-refractivity contribution < 1.29 is 4.74 Å². The quantitative estimate of drug-likeness (QED) is 0.658. The maximum atomic E-state index is 5.10. The molecule has 0 amide bonds. The summed E-state index contributed by atoms with van der Waals surface area (Å²) in [6.45, 7) is 10.8. The van der Waals surface area contributed by atoms with Gasteiger partial charge in [0, 0.05) is 13.1 Å². The number of ether oxygens (including phenoxy) is 1. The van der Waals surface area contributed by atoms with Crippen molar-refractivity contribution in [1.29, 1.82) is 0 Å². The lowest BCUT2D eigenvalue weighted by Gasteiger charge is -2.21. The minimum Gasteiger partial charge on any atom is -0.379 e. The Balaban J connectivity index is 0.000000226. The predicted molar refractivity (Wildman–Crippen MR) is 58.1 cm³/mol. The lowest BCUT2D eigenvalue weighted by atomic mass is 10.1. The summed E-state index contributed by atoms with van der Waals surface area (Å²) in [7, 11) is 2.11. The molecule has 0 aromatic heterocycles. The molecule has 1 fully saturated rings. The monoisotopic (exact) mass is 187 g/mol. The van der Waals surface area contributed by atoms with E-state index >= 15 is 0 Å². The second kappa shape index (κ2) is 8.52. The van der Waals surface area contributed by atoms with Gasteiger partial charge in [0.15, 0.2) is 0 Å². The van der Waals surface area contributed by atoms with E-state index in [0.717, 1.165) is 32.2 Å². The van der Waals surface area contributed by atoms with Gasteiger partial charge in [0.25, 0.3) is 0 Å². The molecule has 0 bridgehead atoms. The molecule has 1 aliphatic rings. The van der Waals surface area contributed by atoms with E-state index < -0.39 is 0 Å². The van der Waals surface area contributed by atoms with Gasteiger partial charge in [-0.05, 0) is 13.0 Å². The first kappa shape index (κ1) is 12.9. The van der Waals surface area contributed by atoms with Gasteiger partial charge in [0.2, 0.25) is 0 Å². The zero-order valence-corrected chi connectivity index (χ0v) is 9.68. The smallest absolute Gasteiger partial charge is 0.0594 e. The van der Waals surface area contributed by atoms with Crippen LogP contribution in [0.25, 0.3) is 0 Å². The van der Waals surface area contributed by atoms with Crippen LogP contribution in [0.2, 0.25) is 0 Å². The van der Waals surface area contributed by atoms with E-state index in [1.54, 1.807) is 0 Å². The summed E-state index contributed by atoms with van der Waals surface area (Å²) >= 11 is 0. The van der Waals surface area contributed by atoms with Crippen molar-refractivity contribution in [3.8, 4) is 0 Å². The van der Waals surface area contributed by atoms with Gasteiger partial charge in [-0.2, -0.15) is 0 Å². The van der Waals surface area contributed by atoms with E-state index in [9.17, 15) is 0 Å². The van der Waals surface area contributed by atoms with Crippen molar-refractivity contribution >= 4 is 0 Å². The average Bonchev–Trinajstić information content (AvgIpc) is 2.06. The molecule has 0 N–H and O–H groups in total. The van der Waals surface area contributed by atoms with Gasteiger partial charge >= 0.3 is 0 Å². The second-order valence-corrected chi connectivity index (χ2v) is 4.10. The van der Waals surface area contributed by atoms with Gasteiger partial charge in [-0.15, -0.1) is 0 Å². The third-order valence-corrected chi connectivity index (χ3v) is 2.10. The second-order valence-electron chi connectivity index (χ2n) is 4.10. The SMILES string of the molecule is CCCC(C)C.CN1CCOCC1. The summed E-state index contributed by atoms with van der Waals surface area (Å²) in [5.74, 6) is 0.898. The topological polar surface area (TPSA) is 12.5 Å². The Morgan fingerprint density at radius 3 is 1.92 bits per heavy atom. The van der Waals surface area contributed by atoms with Crippen LogP contribution in [-0.4, -0.2) is 38.3 Å². The predicted octanol–water partition coefficient (Wildman–Crippen LogP) is 2.39. The highest BCUT2D eigenvalue weighted by Gasteiger charge is 2.02. The first-order chi connectivity index (χ1) is 6.16. The Morgan fingerprint density at radius 1 is 1.23 bits per heavy atom. The normalized spacial score (nSPS) is 18.2. The third kappa shape index (κ3) is 9.84. The van der Waals surface area contributed by atoms with E-state index in [1.165, 1.54) is 12.8 Å². The molecule has 0 spiro atoms. The molecule has 1 saturated heterocycles. The zero-order valence-electron chi connectivity index (χ0n) is 9.68. The molecule has 1 aliphatic heterocycles. The van der Waals surface area contributed by atoms with E-state index in [0.29, 0.717) is 0 Å². The fourth-order valence-corrected chi connectivity index (χ4v) is 1.23. The zero-order chi connectivity index (χ0) is 10.1. The van der Waals surface area contributed by atoms with Gasteiger partial charge in [0.1, 0.15) is 0 Å². The van der Waals surface area contributed by atoms with Crippen LogP contribution >= 0.6 is 0 Å². The Morgan fingerprint density at radius 2 is 1.77 bits per heavy atom. The molecule has 0 radical (unpaired) electrons. The molecule has 0 unspecified atom stereocenters. The van der Waals surface area contributed by atoms with Crippen LogP contribution in [0.15, 0.2) is 0 Å². The highest BCUT2D eigenvalue weighted by atomic mass is 16.5. The molecule has 0 aromatic carbocycles. The maximum absolute atomic E-state index is 5.10. The summed E-state index contributed by atoms with van der Waals surface area (Å²) in [5.41, 5.74) is 0. The van der Waals surface area contributed by atoms with Crippen molar-refractivity contribution in [3.05, 3.63) is 0 Å². The number of likely N-dealkylation sites (N-methyl/N-ethyl adjacent to an activating group) is 1. The maximum Gasteiger partial charge on any atom is 0.0594 e.